The number of aryl methyl sites for hydroxylation is 1. The highest BCUT2D eigenvalue weighted by Gasteiger charge is 2.30. The number of Topliss-reactive ketones (excluding diaryl/α,β-unsaturated/α-hetero) is 1. The van der Waals surface area contributed by atoms with Crippen molar-refractivity contribution in [1.82, 2.24) is 0 Å². The Hall–Kier alpha value is -3.18. The van der Waals surface area contributed by atoms with Crippen molar-refractivity contribution in [3.05, 3.63) is 107 Å². The largest absolute Gasteiger partial charge is 0.289 e. The van der Waals surface area contributed by atoms with E-state index in [0.29, 0.717) is 23.2 Å². The van der Waals surface area contributed by atoms with E-state index < -0.39 is 10.0 Å². The maximum absolute atomic E-state index is 13.3. The summed E-state index contributed by atoms with van der Waals surface area (Å²) in [5, 5.41) is 0. The van der Waals surface area contributed by atoms with Gasteiger partial charge < -0.3 is 0 Å². The molecule has 3 aromatic carbocycles. The minimum absolute atomic E-state index is 0.167. The molecule has 0 bridgehead atoms. The normalized spacial score (nSPS) is 13.6. The van der Waals surface area contributed by atoms with Crippen molar-refractivity contribution in [2.24, 2.45) is 0 Å². The first-order valence-electron chi connectivity index (χ1n) is 8.96. The second-order valence-electron chi connectivity index (χ2n) is 6.77. The number of allylic oxidation sites excluding steroid dienone is 1. The SMILES string of the molecule is Cc1ccc(S(=O)(=O)N2C=C(C(=O)c3ccccc3)Cc3ccccc32)cc1. The number of carbonyl (C=O) groups is 1. The standard InChI is InChI=1S/C23H19NO3S/c1-17-11-13-21(14-12-17)28(26,27)24-16-20(15-19-9-5-6-10-22(19)24)23(25)18-7-3-2-4-8-18/h2-14,16H,15H2,1H3. The van der Waals surface area contributed by atoms with Gasteiger partial charge in [-0.3, -0.25) is 4.79 Å². The summed E-state index contributed by atoms with van der Waals surface area (Å²) in [6.45, 7) is 1.91. The predicted molar refractivity (Wildman–Crippen MR) is 110 cm³/mol. The molecule has 5 heteroatoms. The molecule has 0 spiro atoms. The third kappa shape index (κ3) is 3.25. The number of ketones is 1. The first kappa shape index (κ1) is 18.2. The van der Waals surface area contributed by atoms with Crippen LogP contribution in [0.1, 0.15) is 21.5 Å². The van der Waals surface area contributed by atoms with Crippen LogP contribution >= 0.6 is 0 Å². The summed E-state index contributed by atoms with van der Waals surface area (Å²) in [6.07, 6.45) is 1.86. The molecule has 0 saturated heterocycles. The van der Waals surface area contributed by atoms with Crippen molar-refractivity contribution in [3.63, 3.8) is 0 Å². The van der Waals surface area contributed by atoms with Crippen LogP contribution in [0.4, 0.5) is 5.69 Å². The van der Waals surface area contributed by atoms with Crippen LogP contribution in [0.15, 0.2) is 95.5 Å². The van der Waals surface area contributed by atoms with E-state index in [2.05, 4.69) is 0 Å². The molecule has 0 fully saturated rings. The molecule has 0 N–H and O–H groups in total. The lowest BCUT2D eigenvalue weighted by molar-refractivity contribution is 0.103. The molecule has 0 saturated carbocycles. The number of hydrogen-bond acceptors (Lipinski definition) is 3. The van der Waals surface area contributed by atoms with Gasteiger partial charge >= 0.3 is 0 Å². The summed E-state index contributed by atoms with van der Waals surface area (Å²) < 4.78 is 27.9. The smallest absolute Gasteiger partial charge is 0.268 e. The van der Waals surface area contributed by atoms with E-state index >= 15 is 0 Å². The molecule has 1 aliphatic heterocycles. The van der Waals surface area contributed by atoms with E-state index in [1.165, 1.54) is 10.5 Å². The lowest BCUT2D eigenvalue weighted by Crippen LogP contribution is -2.31. The average Bonchev–Trinajstić information content (AvgIpc) is 2.73. The fourth-order valence-corrected chi connectivity index (χ4v) is 4.68. The third-order valence-electron chi connectivity index (χ3n) is 4.79. The molecule has 140 valence electrons. The second kappa shape index (κ2) is 7.09. The molecular formula is C23H19NO3S. The molecular weight excluding hydrogens is 370 g/mol. The van der Waals surface area contributed by atoms with Gasteiger partial charge in [0.25, 0.3) is 10.0 Å². The van der Waals surface area contributed by atoms with Crippen LogP contribution in [-0.2, 0) is 16.4 Å². The molecule has 4 nitrogen and oxygen atoms in total. The van der Waals surface area contributed by atoms with E-state index in [4.69, 9.17) is 0 Å². The molecule has 0 aliphatic carbocycles. The minimum atomic E-state index is -3.84. The van der Waals surface area contributed by atoms with Crippen LogP contribution in [0.3, 0.4) is 0 Å². The van der Waals surface area contributed by atoms with Crippen LogP contribution < -0.4 is 4.31 Å². The fraction of sp³-hybridized carbons (Fsp3) is 0.0870. The fourth-order valence-electron chi connectivity index (χ4n) is 3.27. The summed E-state index contributed by atoms with van der Waals surface area (Å²) >= 11 is 0. The second-order valence-corrected chi connectivity index (χ2v) is 8.58. The molecule has 28 heavy (non-hydrogen) atoms. The van der Waals surface area contributed by atoms with E-state index in [1.54, 1.807) is 60.7 Å². The Labute approximate surface area is 164 Å². The minimum Gasteiger partial charge on any atom is -0.289 e. The Kier molecular flexibility index (Phi) is 4.61. The average molecular weight is 389 g/mol. The van der Waals surface area contributed by atoms with Crippen molar-refractivity contribution < 1.29 is 13.2 Å². The van der Waals surface area contributed by atoms with Gasteiger partial charge in [0.1, 0.15) is 0 Å². The summed E-state index contributed by atoms with van der Waals surface area (Å²) in [6, 6.07) is 22.9. The van der Waals surface area contributed by atoms with Crippen LogP contribution in [-0.4, -0.2) is 14.2 Å². The highest BCUT2D eigenvalue weighted by atomic mass is 32.2. The van der Waals surface area contributed by atoms with Gasteiger partial charge in [-0.2, -0.15) is 0 Å². The van der Waals surface area contributed by atoms with E-state index in [1.807, 2.05) is 25.1 Å². The Balaban J connectivity index is 1.83. The monoisotopic (exact) mass is 389 g/mol. The zero-order valence-electron chi connectivity index (χ0n) is 15.4. The number of para-hydroxylation sites is 1. The third-order valence-corrected chi connectivity index (χ3v) is 6.48. The first-order valence-corrected chi connectivity index (χ1v) is 10.4. The lowest BCUT2D eigenvalue weighted by atomic mass is 9.95. The summed E-state index contributed by atoms with van der Waals surface area (Å²) in [7, 11) is -3.84. The number of hydrogen-bond donors (Lipinski definition) is 0. The maximum Gasteiger partial charge on any atom is 0.268 e. The molecule has 0 amide bonds. The van der Waals surface area contributed by atoms with Crippen molar-refractivity contribution in [1.29, 1.82) is 0 Å². The number of carbonyl (C=O) groups excluding carboxylic acids is 1. The van der Waals surface area contributed by atoms with Gasteiger partial charge in [-0.25, -0.2) is 12.7 Å². The summed E-state index contributed by atoms with van der Waals surface area (Å²) in [5.74, 6) is -0.167. The molecule has 0 radical (unpaired) electrons. The van der Waals surface area contributed by atoms with Crippen LogP contribution in [0.5, 0.6) is 0 Å². The van der Waals surface area contributed by atoms with Crippen LogP contribution in [0.25, 0.3) is 0 Å². The van der Waals surface area contributed by atoms with Gasteiger partial charge in [-0.1, -0.05) is 66.2 Å². The van der Waals surface area contributed by atoms with Crippen molar-refractivity contribution >= 4 is 21.5 Å². The number of fused-ring (bicyclic) bond motifs is 1. The maximum atomic E-state index is 13.3. The molecule has 3 aromatic rings. The molecule has 1 heterocycles. The quantitative estimate of drug-likeness (QED) is 0.617. The van der Waals surface area contributed by atoms with Gasteiger partial charge in [0.2, 0.25) is 0 Å². The van der Waals surface area contributed by atoms with Gasteiger partial charge in [-0.15, -0.1) is 0 Å². The Morgan fingerprint density at radius 1 is 0.857 bits per heavy atom. The van der Waals surface area contributed by atoms with Gasteiger partial charge in [0.15, 0.2) is 5.78 Å². The van der Waals surface area contributed by atoms with Crippen LogP contribution in [0.2, 0.25) is 0 Å². The Morgan fingerprint density at radius 2 is 1.50 bits per heavy atom. The molecule has 0 aromatic heterocycles. The number of anilines is 1. The highest BCUT2D eigenvalue weighted by Crippen LogP contribution is 2.34. The van der Waals surface area contributed by atoms with Gasteiger partial charge in [0, 0.05) is 23.8 Å². The number of nitrogens with zero attached hydrogens (tertiary/aromatic N) is 1. The highest BCUT2D eigenvalue weighted by molar-refractivity contribution is 7.93. The molecule has 0 atom stereocenters. The zero-order chi connectivity index (χ0) is 19.7. The van der Waals surface area contributed by atoms with E-state index in [0.717, 1.165) is 11.1 Å². The zero-order valence-corrected chi connectivity index (χ0v) is 16.2. The first-order chi connectivity index (χ1) is 13.5. The summed E-state index contributed by atoms with van der Waals surface area (Å²) in [4.78, 5) is 13.2. The number of sulfonamides is 1. The number of benzene rings is 3. The lowest BCUT2D eigenvalue weighted by Gasteiger charge is -2.28. The van der Waals surface area contributed by atoms with Crippen molar-refractivity contribution in [2.75, 3.05) is 4.31 Å². The topological polar surface area (TPSA) is 54.5 Å². The van der Waals surface area contributed by atoms with Crippen molar-refractivity contribution in [2.45, 2.75) is 18.2 Å². The molecule has 0 unspecified atom stereocenters. The molecule has 4 rings (SSSR count). The molecule has 1 aliphatic rings. The number of rotatable bonds is 4. The Morgan fingerprint density at radius 3 is 2.21 bits per heavy atom. The van der Waals surface area contributed by atoms with Crippen molar-refractivity contribution in [3.8, 4) is 0 Å². The predicted octanol–water partition coefficient (Wildman–Crippen LogP) is 4.51. The summed E-state index contributed by atoms with van der Waals surface area (Å²) in [5.41, 5.74) is 3.35. The Bertz CT molecular complexity index is 1160. The van der Waals surface area contributed by atoms with Gasteiger partial charge in [0.05, 0.1) is 10.6 Å². The van der Waals surface area contributed by atoms with E-state index in [-0.39, 0.29) is 10.7 Å². The van der Waals surface area contributed by atoms with Crippen LogP contribution in [0, 0.1) is 6.92 Å². The van der Waals surface area contributed by atoms with Gasteiger partial charge in [-0.05, 0) is 30.7 Å². The van der Waals surface area contributed by atoms with E-state index in [9.17, 15) is 13.2 Å².